The first-order valence-electron chi connectivity index (χ1n) is 5.63. The van der Waals surface area contributed by atoms with Crippen molar-refractivity contribution in [3.05, 3.63) is 0 Å². The van der Waals surface area contributed by atoms with Gasteiger partial charge in [-0.25, -0.2) is 0 Å². The quantitative estimate of drug-likeness (QED) is 0.407. The number of alkyl halides is 1. The SMILES string of the molecule is CNCC1CC(C)(N)CC(I)CC1(C)N. The molecule has 3 nitrogen and oxygen atoms in total. The molecule has 0 bridgehead atoms. The van der Waals surface area contributed by atoms with Crippen LogP contribution in [0.15, 0.2) is 0 Å². The van der Waals surface area contributed by atoms with Gasteiger partial charge in [-0.3, -0.25) is 0 Å². The molecule has 4 heteroatoms. The third kappa shape index (κ3) is 3.84. The van der Waals surface area contributed by atoms with Gasteiger partial charge in [-0.1, -0.05) is 22.6 Å². The molecule has 5 N–H and O–H groups in total. The Bertz CT molecular complexity index is 216. The first-order chi connectivity index (χ1) is 6.77. The van der Waals surface area contributed by atoms with E-state index in [9.17, 15) is 0 Å². The van der Waals surface area contributed by atoms with Crippen molar-refractivity contribution in [3.8, 4) is 0 Å². The Morgan fingerprint density at radius 3 is 2.40 bits per heavy atom. The minimum atomic E-state index is -0.0913. The summed E-state index contributed by atoms with van der Waals surface area (Å²) in [4.78, 5) is 0. The molecule has 4 unspecified atom stereocenters. The Kier molecular flexibility index (Phi) is 4.43. The summed E-state index contributed by atoms with van der Waals surface area (Å²) in [5.41, 5.74) is 12.6. The molecular formula is C11H24IN3. The summed E-state index contributed by atoms with van der Waals surface area (Å²) in [5.74, 6) is 0.470. The first-order valence-corrected chi connectivity index (χ1v) is 6.88. The summed E-state index contributed by atoms with van der Waals surface area (Å²) >= 11 is 2.49. The van der Waals surface area contributed by atoms with E-state index >= 15 is 0 Å². The molecular weight excluding hydrogens is 301 g/mol. The maximum Gasteiger partial charge on any atom is 0.0177 e. The van der Waals surface area contributed by atoms with E-state index in [4.69, 9.17) is 11.5 Å². The number of hydrogen-bond donors (Lipinski definition) is 3. The van der Waals surface area contributed by atoms with Crippen LogP contribution in [0.4, 0.5) is 0 Å². The van der Waals surface area contributed by atoms with Crippen LogP contribution in [-0.4, -0.2) is 28.6 Å². The van der Waals surface area contributed by atoms with E-state index in [0.29, 0.717) is 9.84 Å². The summed E-state index contributed by atoms with van der Waals surface area (Å²) in [6.07, 6.45) is 3.15. The minimum Gasteiger partial charge on any atom is -0.325 e. The number of hydrogen-bond acceptors (Lipinski definition) is 3. The topological polar surface area (TPSA) is 64.1 Å². The van der Waals surface area contributed by atoms with Crippen LogP contribution in [0.5, 0.6) is 0 Å². The van der Waals surface area contributed by atoms with Crippen molar-refractivity contribution in [3.63, 3.8) is 0 Å². The highest BCUT2D eigenvalue weighted by Crippen LogP contribution is 2.37. The van der Waals surface area contributed by atoms with E-state index < -0.39 is 0 Å². The maximum absolute atomic E-state index is 6.42. The van der Waals surface area contributed by atoms with Crippen molar-refractivity contribution in [2.24, 2.45) is 17.4 Å². The highest BCUT2D eigenvalue weighted by molar-refractivity contribution is 14.1. The Balaban J connectivity index is 2.82. The molecule has 1 aliphatic carbocycles. The zero-order valence-corrected chi connectivity index (χ0v) is 12.2. The highest BCUT2D eigenvalue weighted by atomic mass is 127. The second-order valence-electron chi connectivity index (χ2n) is 5.62. The first kappa shape index (κ1) is 13.7. The van der Waals surface area contributed by atoms with Gasteiger partial charge in [0.2, 0.25) is 0 Å². The number of rotatable bonds is 2. The maximum atomic E-state index is 6.42. The van der Waals surface area contributed by atoms with Gasteiger partial charge in [-0.2, -0.15) is 0 Å². The van der Waals surface area contributed by atoms with Gasteiger partial charge in [0.1, 0.15) is 0 Å². The number of halogens is 1. The van der Waals surface area contributed by atoms with Crippen molar-refractivity contribution < 1.29 is 0 Å². The lowest BCUT2D eigenvalue weighted by molar-refractivity contribution is 0.245. The van der Waals surface area contributed by atoms with Gasteiger partial charge >= 0.3 is 0 Å². The summed E-state index contributed by atoms with van der Waals surface area (Å²) in [6.45, 7) is 5.29. The molecule has 1 rings (SSSR count). The molecule has 4 atom stereocenters. The van der Waals surface area contributed by atoms with E-state index in [1.54, 1.807) is 0 Å². The van der Waals surface area contributed by atoms with Gasteiger partial charge in [-0.15, -0.1) is 0 Å². The Morgan fingerprint density at radius 2 is 1.87 bits per heavy atom. The molecule has 0 saturated heterocycles. The summed E-state index contributed by atoms with van der Waals surface area (Å²) in [5, 5.41) is 3.24. The standard InChI is InChI=1S/C11H24IN3/c1-10(13)4-8(7-15-3)11(2,14)6-9(12)5-10/h8-9,15H,4-7,13-14H2,1-3H3. The summed E-state index contributed by atoms with van der Waals surface area (Å²) < 4.78 is 0.592. The average Bonchev–Trinajstić information content (AvgIpc) is 2.05. The molecule has 0 amide bonds. The van der Waals surface area contributed by atoms with Crippen LogP contribution >= 0.6 is 22.6 Å². The van der Waals surface area contributed by atoms with Crippen LogP contribution in [0.3, 0.4) is 0 Å². The van der Waals surface area contributed by atoms with Crippen molar-refractivity contribution in [2.45, 2.75) is 48.1 Å². The molecule has 0 radical (unpaired) electrons. The van der Waals surface area contributed by atoms with Crippen LogP contribution in [0.2, 0.25) is 0 Å². The van der Waals surface area contributed by atoms with Crippen LogP contribution in [-0.2, 0) is 0 Å². The van der Waals surface area contributed by atoms with Crippen molar-refractivity contribution in [1.29, 1.82) is 0 Å². The smallest absolute Gasteiger partial charge is 0.0177 e. The van der Waals surface area contributed by atoms with Gasteiger partial charge in [-0.05, 0) is 52.6 Å². The predicted octanol–water partition coefficient (Wildman–Crippen LogP) is 1.24. The minimum absolute atomic E-state index is 0.0650. The van der Waals surface area contributed by atoms with Gasteiger partial charge < -0.3 is 16.8 Å². The summed E-state index contributed by atoms with van der Waals surface area (Å²) in [6, 6.07) is 0. The van der Waals surface area contributed by atoms with E-state index in [0.717, 1.165) is 25.8 Å². The monoisotopic (exact) mass is 325 g/mol. The fraction of sp³-hybridized carbons (Fsp3) is 1.00. The fourth-order valence-electron chi connectivity index (χ4n) is 2.65. The van der Waals surface area contributed by atoms with Crippen LogP contribution in [0.25, 0.3) is 0 Å². The molecule has 0 spiro atoms. The van der Waals surface area contributed by atoms with Crippen LogP contribution < -0.4 is 16.8 Å². The van der Waals surface area contributed by atoms with Gasteiger partial charge in [0.05, 0.1) is 0 Å². The van der Waals surface area contributed by atoms with Gasteiger partial charge in [0, 0.05) is 15.0 Å². The lowest BCUT2D eigenvalue weighted by Gasteiger charge is -2.35. The largest absolute Gasteiger partial charge is 0.325 e. The Labute approximate surface area is 107 Å². The highest BCUT2D eigenvalue weighted by Gasteiger charge is 2.40. The van der Waals surface area contributed by atoms with Crippen LogP contribution in [0, 0.1) is 5.92 Å². The second-order valence-corrected chi connectivity index (χ2v) is 7.39. The molecule has 0 aromatic carbocycles. The number of nitrogens with one attached hydrogen (secondary N) is 1. The van der Waals surface area contributed by atoms with Crippen molar-refractivity contribution >= 4 is 22.6 Å². The molecule has 0 aromatic heterocycles. The predicted molar refractivity (Wildman–Crippen MR) is 74.3 cm³/mol. The Hall–Kier alpha value is 0.610. The molecule has 0 aromatic rings. The van der Waals surface area contributed by atoms with Crippen molar-refractivity contribution in [2.75, 3.05) is 13.6 Å². The van der Waals surface area contributed by atoms with E-state index in [-0.39, 0.29) is 11.1 Å². The van der Waals surface area contributed by atoms with E-state index in [1.807, 2.05) is 7.05 Å². The van der Waals surface area contributed by atoms with E-state index in [2.05, 4.69) is 41.8 Å². The third-order valence-corrected chi connectivity index (χ3v) is 4.33. The summed E-state index contributed by atoms with van der Waals surface area (Å²) in [7, 11) is 1.98. The zero-order chi connectivity index (χ0) is 11.7. The Morgan fingerprint density at radius 1 is 1.27 bits per heavy atom. The lowest BCUT2D eigenvalue weighted by atomic mass is 9.79. The molecule has 15 heavy (non-hydrogen) atoms. The molecule has 90 valence electrons. The second kappa shape index (κ2) is 4.85. The molecule has 0 heterocycles. The van der Waals surface area contributed by atoms with Crippen molar-refractivity contribution in [1.82, 2.24) is 5.32 Å². The lowest BCUT2D eigenvalue weighted by Crippen LogP contribution is -2.50. The fourth-order valence-corrected chi connectivity index (χ4v) is 4.61. The molecule has 0 aliphatic heterocycles. The van der Waals surface area contributed by atoms with E-state index in [1.165, 1.54) is 0 Å². The zero-order valence-electron chi connectivity index (χ0n) is 10.0. The molecule has 1 fully saturated rings. The third-order valence-electron chi connectivity index (χ3n) is 3.44. The van der Waals surface area contributed by atoms with Gasteiger partial charge in [0.25, 0.3) is 0 Å². The van der Waals surface area contributed by atoms with Crippen LogP contribution in [0.1, 0.15) is 33.1 Å². The van der Waals surface area contributed by atoms with Gasteiger partial charge in [0.15, 0.2) is 0 Å². The molecule has 1 aliphatic rings. The normalized spacial score (nSPS) is 47.6. The molecule has 1 saturated carbocycles. The number of nitrogens with two attached hydrogens (primary N) is 2. The average molecular weight is 325 g/mol.